The normalized spacial score (nSPS) is 20.4. The number of hydrogen-bond acceptors (Lipinski definition) is 5. The number of hydrogen-bond donors (Lipinski definition) is 0. The molecule has 0 saturated carbocycles. The summed E-state index contributed by atoms with van der Waals surface area (Å²) in [4.78, 5) is 12.1. The first kappa shape index (κ1) is 19.3. The molecule has 0 bridgehead atoms. The topological polar surface area (TPSA) is 66.4 Å². The highest BCUT2D eigenvalue weighted by Gasteiger charge is 2.34. The van der Waals surface area contributed by atoms with Crippen molar-refractivity contribution in [2.24, 2.45) is 0 Å². The zero-order valence-corrected chi connectivity index (χ0v) is 17.5. The van der Waals surface area contributed by atoms with Gasteiger partial charge in [-0.05, 0) is 38.7 Å². The lowest BCUT2D eigenvalue weighted by Gasteiger charge is -2.31. The Kier molecular flexibility index (Phi) is 5.38. The summed E-state index contributed by atoms with van der Waals surface area (Å²) in [6, 6.07) is 10.5. The maximum absolute atomic E-state index is 12.2. The number of nitrogens with zero attached hydrogens (tertiary/aromatic N) is 4. The molecule has 2 aromatic rings. The molecular weight excluding hydrogens is 372 g/mol. The fourth-order valence-electron chi connectivity index (χ4n) is 4.22. The molecule has 0 radical (unpaired) electrons. The zero-order chi connectivity index (χ0) is 19.7. The van der Waals surface area contributed by atoms with Crippen molar-refractivity contribution in [3.05, 3.63) is 53.0 Å². The van der Waals surface area contributed by atoms with Gasteiger partial charge in [-0.1, -0.05) is 30.3 Å². The van der Waals surface area contributed by atoms with Crippen LogP contribution in [0.25, 0.3) is 0 Å². The number of sulfonamides is 1. The Labute approximate surface area is 167 Å². The molecule has 0 amide bonds. The Morgan fingerprint density at radius 2 is 1.93 bits per heavy atom. The van der Waals surface area contributed by atoms with Crippen LogP contribution in [-0.4, -0.2) is 48.1 Å². The molecule has 0 spiro atoms. The van der Waals surface area contributed by atoms with Crippen molar-refractivity contribution in [3.63, 3.8) is 0 Å². The van der Waals surface area contributed by atoms with Crippen LogP contribution in [0.1, 0.15) is 48.3 Å². The van der Waals surface area contributed by atoms with E-state index < -0.39 is 10.0 Å². The molecular formula is C21H28N4O2S. The van der Waals surface area contributed by atoms with Gasteiger partial charge >= 0.3 is 0 Å². The summed E-state index contributed by atoms with van der Waals surface area (Å²) in [5.74, 6) is 2.06. The van der Waals surface area contributed by atoms with Crippen molar-refractivity contribution in [2.45, 2.75) is 45.6 Å². The van der Waals surface area contributed by atoms with Crippen LogP contribution in [-0.2, 0) is 23.0 Å². The van der Waals surface area contributed by atoms with Crippen LogP contribution in [0.5, 0.6) is 0 Å². The number of anilines is 1. The molecule has 1 aromatic heterocycles. The van der Waals surface area contributed by atoms with Crippen LogP contribution >= 0.6 is 0 Å². The van der Waals surface area contributed by atoms with E-state index >= 15 is 0 Å². The van der Waals surface area contributed by atoms with Crippen molar-refractivity contribution in [1.82, 2.24) is 14.3 Å². The summed E-state index contributed by atoms with van der Waals surface area (Å²) >= 11 is 0. The monoisotopic (exact) mass is 400 g/mol. The Bertz CT molecular complexity index is 946. The summed E-state index contributed by atoms with van der Waals surface area (Å²) in [6.45, 7) is 6.64. The number of benzene rings is 1. The molecule has 0 aliphatic carbocycles. The van der Waals surface area contributed by atoms with Crippen LogP contribution in [0.4, 0.5) is 5.82 Å². The second-order valence-electron chi connectivity index (χ2n) is 7.72. The Morgan fingerprint density at radius 3 is 2.68 bits per heavy atom. The fourth-order valence-corrected chi connectivity index (χ4v) is 5.38. The molecule has 3 heterocycles. The summed E-state index contributed by atoms with van der Waals surface area (Å²) in [5, 5.41) is 0. The second-order valence-corrected chi connectivity index (χ2v) is 9.98. The maximum Gasteiger partial charge on any atom is 0.213 e. The highest BCUT2D eigenvalue weighted by molar-refractivity contribution is 7.89. The lowest BCUT2D eigenvalue weighted by atomic mass is 10.0. The molecule has 0 N–H and O–H groups in total. The van der Waals surface area contributed by atoms with Gasteiger partial charge in [0.2, 0.25) is 10.0 Å². The van der Waals surface area contributed by atoms with Crippen LogP contribution in [0.3, 0.4) is 0 Å². The van der Waals surface area contributed by atoms with E-state index in [-0.39, 0.29) is 11.7 Å². The standard InChI is InChI=1S/C21H28N4O2S/c1-3-28(26,27)25-13-11-18(15-25)20-22-16(2)19-10-7-12-24(21(19)23-20)14-17-8-5-4-6-9-17/h4-6,8-9,18H,3,7,10-15H2,1-2H3. The van der Waals surface area contributed by atoms with E-state index in [1.54, 1.807) is 11.2 Å². The van der Waals surface area contributed by atoms with Gasteiger partial charge in [-0.2, -0.15) is 0 Å². The molecule has 7 heteroatoms. The van der Waals surface area contributed by atoms with E-state index in [1.807, 2.05) is 6.07 Å². The third-order valence-electron chi connectivity index (χ3n) is 5.85. The van der Waals surface area contributed by atoms with Gasteiger partial charge in [-0.25, -0.2) is 22.7 Å². The van der Waals surface area contributed by atoms with Gasteiger partial charge in [0.1, 0.15) is 11.6 Å². The van der Waals surface area contributed by atoms with Crippen LogP contribution in [0, 0.1) is 6.92 Å². The molecule has 1 atom stereocenters. The van der Waals surface area contributed by atoms with Crippen LogP contribution < -0.4 is 4.90 Å². The Balaban J connectivity index is 1.61. The van der Waals surface area contributed by atoms with Crippen molar-refractivity contribution in [2.75, 3.05) is 30.3 Å². The van der Waals surface area contributed by atoms with E-state index in [0.29, 0.717) is 13.1 Å². The summed E-state index contributed by atoms with van der Waals surface area (Å²) in [7, 11) is -3.15. The van der Waals surface area contributed by atoms with Gasteiger partial charge in [0.15, 0.2) is 0 Å². The van der Waals surface area contributed by atoms with Gasteiger partial charge < -0.3 is 4.90 Å². The SMILES string of the molecule is CCS(=O)(=O)N1CCC(c2nc(C)c3c(n2)N(Cc2ccccc2)CCC3)C1. The quantitative estimate of drug-likeness (QED) is 0.772. The predicted octanol–water partition coefficient (Wildman–Crippen LogP) is 2.88. The minimum Gasteiger partial charge on any atom is -0.352 e. The number of aromatic nitrogens is 2. The highest BCUT2D eigenvalue weighted by atomic mass is 32.2. The van der Waals surface area contributed by atoms with E-state index in [9.17, 15) is 8.42 Å². The molecule has 2 aliphatic heterocycles. The average Bonchev–Trinajstić information content (AvgIpc) is 3.20. The number of rotatable bonds is 5. The minimum absolute atomic E-state index is 0.0748. The molecule has 4 rings (SSSR count). The average molecular weight is 401 g/mol. The Morgan fingerprint density at radius 1 is 1.14 bits per heavy atom. The molecule has 1 fully saturated rings. The molecule has 6 nitrogen and oxygen atoms in total. The molecule has 2 aliphatic rings. The van der Waals surface area contributed by atoms with Crippen molar-refractivity contribution >= 4 is 15.8 Å². The second kappa shape index (κ2) is 7.79. The van der Waals surface area contributed by atoms with Gasteiger partial charge in [0.05, 0.1) is 5.75 Å². The molecule has 28 heavy (non-hydrogen) atoms. The van der Waals surface area contributed by atoms with E-state index in [0.717, 1.165) is 49.7 Å². The fraction of sp³-hybridized carbons (Fsp3) is 0.524. The lowest BCUT2D eigenvalue weighted by Crippen LogP contribution is -2.32. The number of fused-ring (bicyclic) bond motifs is 1. The summed E-state index contributed by atoms with van der Waals surface area (Å²) < 4.78 is 26.0. The van der Waals surface area contributed by atoms with E-state index in [4.69, 9.17) is 9.97 Å². The molecule has 1 unspecified atom stereocenters. The van der Waals surface area contributed by atoms with Gasteiger partial charge in [-0.3, -0.25) is 0 Å². The largest absolute Gasteiger partial charge is 0.352 e. The smallest absolute Gasteiger partial charge is 0.213 e. The number of aryl methyl sites for hydroxylation is 1. The first-order valence-electron chi connectivity index (χ1n) is 10.1. The van der Waals surface area contributed by atoms with Crippen LogP contribution in [0.15, 0.2) is 30.3 Å². The van der Waals surface area contributed by atoms with E-state index in [2.05, 4.69) is 36.1 Å². The van der Waals surface area contributed by atoms with Crippen molar-refractivity contribution in [3.8, 4) is 0 Å². The first-order valence-corrected chi connectivity index (χ1v) is 11.7. The third-order valence-corrected chi connectivity index (χ3v) is 7.70. The van der Waals surface area contributed by atoms with Crippen molar-refractivity contribution in [1.29, 1.82) is 0 Å². The summed E-state index contributed by atoms with van der Waals surface area (Å²) in [5.41, 5.74) is 3.55. The molecule has 1 saturated heterocycles. The lowest BCUT2D eigenvalue weighted by molar-refractivity contribution is 0.472. The molecule has 1 aromatic carbocycles. The van der Waals surface area contributed by atoms with Gasteiger partial charge in [0.25, 0.3) is 0 Å². The first-order chi connectivity index (χ1) is 13.5. The van der Waals surface area contributed by atoms with Gasteiger partial charge in [-0.15, -0.1) is 0 Å². The Hall–Kier alpha value is -1.99. The predicted molar refractivity (Wildman–Crippen MR) is 111 cm³/mol. The third kappa shape index (κ3) is 3.78. The van der Waals surface area contributed by atoms with Crippen molar-refractivity contribution < 1.29 is 8.42 Å². The van der Waals surface area contributed by atoms with E-state index in [1.165, 1.54) is 11.1 Å². The van der Waals surface area contributed by atoms with Crippen LogP contribution in [0.2, 0.25) is 0 Å². The van der Waals surface area contributed by atoms with Gasteiger partial charge in [0, 0.05) is 43.4 Å². The zero-order valence-electron chi connectivity index (χ0n) is 16.6. The highest BCUT2D eigenvalue weighted by Crippen LogP contribution is 2.33. The maximum atomic E-state index is 12.2. The summed E-state index contributed by atoms with van der Waals surface area (Å²) in [6.07, 6.45) is 2.90. The minimum atomic E-state index is -3.15. The molecule has 150 valence electrons.